The van der Waals surface area contributed by atoms with Crippen molar-refractivity contribution in [1.82, 2.24) is 15.1 Å². The van der Waals surface area contributed by atoms with Crippen molar-refractivity contribution in [2.24, 2.45) is 0 Å². The van der Waals surface area contributed by atoms with Gasteiger partial charge < -0.3 is 20.3 Å². The maximum atomic E-state index is 12.8. The Balaban J connectivity index is 1.82. The van der Waals surface area contributed by atoms with Gasteiger partial charge in [0.05, 0.1) is 20.1 Å². The fourth-order valence-corrected chi connectivity index (χ4v) is 3.55. The zero-order valence-electron chi connectivity index (χ0n) is 17.7. The number of hydrogen-bond donors (Lipinski definition) is 3. The lowest BCUT2D eigenvalue weighted by atomic mass is 10.0. The Morgan fingerprint density at radius 3 is 2.55 bits per heavy atom. The molecule has 9 nitrogen and oxygen atoms in total. The lowest BCUT2D eigenvalue weighted by molar-refractivity contribution is -0.137. The number of halogens is 1. The van der Waals surface area contributed by atoms with Crippen molar-refractivity contribution < 1.29 is 29.3 Å². The zero-order valence-corrected chi connectivity index (χ0v) is 18.5. The van der Waals surface area contributed by atoms with E-state index in [9.17, 15) is 24.6 Å². The second kappa shape index (κ2) is 10.6. The van der Waals surface area contributed by atoms with E-state index >= 15 is 0 Å². The molecule has 0 aliphatic carbocycles. The van der Waals surface area contributed by atoms with Gasteiger partial charge in [0.15, 0.2) is 5.69 Å². The van der Waals surface area contributed by atoms with Gasteiger partial charge in [0, 0.05) is 17.1 Å². The van der Waals surface area contributed by atoms with E-state index in [0.717, 1.165) is 11.6 Å². The molecule has 0 saturated heterocycles. The van der Waals surface area contributed by atoms with Crippen LogP contribution in [0.2, 0.25) is 5.02 Å². The molecule has 0 unspecified atom stereocenters. The molecule has 33 heavy (non-hydrogen) atoms. The standard InChI is InChI=1S/C23H22ClN3O6/c1-33-17-7-4-5-14(9-17)13-27-20(23(31)32)12-19(26-27)22(30)25-16(11-21(28)29)10-15-6-2-3-8-18(15)24/h2-9,12,16H,10-11,13H2,1H3,(H,25,30)(H,28,29)(H,31,32)/t16-/m1/s1. The molecule has 3 aromatic rings. The van der Waals surface area contributed by atoms with Crippen LogP contribution in [0.5, 0.6) is 5.75 Å². The first-order chi connectivity index (χ1) is 15.8. The Morgan fingerprint density at radius 1 is 1.12 bits per heavy atom. The minimum atomic E-state index is -1.25. The highest BCUT2D eigenvalue weighted by atomic mass is 35.5. The molecule has 0 aliphatic rings. The third-order valence-electron chi connectivity index (χ3n) is 4.88. The van der Waals surface area contributed by atoms with Gasteiger partial charge in [-0.15, -0.1) is 0 Å². The van der Waals surface area contributed by atoms with E-state index in [1.54, 1.807) is 48.5 Å². The summed E-state index contributed by atoms with van der Waals surface area (Å²) in [6.07, 6.45) is -0.151. The number of carbonyl (C=O) groups excluding carboxylic acids is 1. The number of benzene rings is 2. The van der Waals surface area contributed by atoms with E-state index in [-0.39, 0.29) is 30.8 Å². The maximum Gasteiger partial charge on any atom is 0.354 e. The van der Waals surface area contributed by atoms with Gasteiger partial charge in [-0.3, -0.25) is 14.3 Å². The van der Waals surface area contributed by atoms with E-state index < -0.39 is 23.9 Å². The fraction of sp³-hybridized carbons (Fsp3) is 0.217. The summed E-state index contributed by atoms with van der Waals surface area (Å²) in [6, 6.07) is 14.4. The van der Waals surface area contributed by atoms with Crippen LogP contribution in [-0.4, -0.2) is 51.0 Å². The van der Waals surface area contributed by atoms with E-state index in [0.29, 0.717) is 16.3 Å². The molecular weight excluding hydrogens is 450 g/mol. The van der Waals surface area contributed by atoms with Gasteiger partial charge in [-0.25, -0.2) is 4.79 Å². The fourth-order valence-electron chi connectivity index (χ4n) is 3.34. The van der Waals surface area contributed by atoms with Crippen molar-refractivity contribution in [3.8, 4) is 5.75 Å². The number of amides is 1. The predicted octanol–water partition coefficient (Wildman–Crippen LogP) is 3.11. The smallest absolute Gasteiger partial charge is 0.354 e. The Morgan fingerprint density at radius 2 is 1.88 bits per heavy atom. The van der Waals surface area contributed by atoms with Crippen molar-refractivity contribution in [3.63, 3.8) is 0 Å². The van der Waals surface area contributed by atoms with Gasteiger partial charge >= 0.3 is 11.9 Å². The monoisotopic (exact) mass is 471 g/mol. The van der Waals surface area contributed by atoms with E-state index in [2.05, 4.69) is 10.4 Å². The molecule has 1 heterocycles. The van der Waals surface area contributed by atoms with Crippen molar-refractivity contribution in [2.75, 3.05) is 7.11 Å². The number of rotatable bonds is 10. The number of carboxylic acid groups (broad SMARTS) is 2. The van der Waals surface area contributed by atoms with Crippen LogP contribution < -0.4 is 10.1 Å². The summed E-state index contributed by atoms with van der Waals surface area (Å²) >= 11 is 6.17. The average Bonchev–Trinajstić information content (AvgIpc) is 3.19. The molecule has 0 bridgehead atoms. The van der Waals surface area contributed by atoms with E-state index in [1.807, 2.05) is 0 Å². The lowest BCUT2D eigenvalue weighted by Crippen LogP contribution is -2.38. The minimum Gasteiger partial charge on any atom is -0.497 e. The van der Waals surface area contributed by atoms with Gasteiger partial charge in [0.25, 0.3) is 5.91 Å². The van der Waals surface area contributed by atoms with Gasteiger partial charge in [0.2, 0.25) is 0 Å². The molecule has 3 N–H and O–H groups in total. The van der Waals surface area contributed by atoms with Crippen LogP contribution in [0.1, 0.15) is 38.5 Å². The molecule has 0 aliphatic heterocycles. The molecule has 2 aromatic carbocycles. The summed E-state index contributed by atoms with van der Waals surface area (Å²) in [7, 11) is 1.52. The molecule has 172 valence electrons. The van der Waals surface area contributed by atoms with Crippen molar-refractivity contribution in [1.29, 1.82) is 0 Å². The number of ether oxygens (including phenoxy) is 1. The van der Waals surface area contributed by atoms with Crippen LogP contribution in [0.15, 0.2) is 54.6 Å². The molecule has 1 amide bonds. The average molecular weight is 472 g/mol. The predicted molar refractivity (Wildman–Crippen MR) is 120 cm³/mol. The van der Waals surface area contributed by atoms with Gasteiger partial charge in [0.1, 0.15) is 11.4 Å². The molecule has 1 atom stereocenters. The Kier molecular flexibility index (Phi) is 7.68. The SMILES string of the molecule is COc1cccc(Cn2nc(C(=O)N[C@@H](CC(=O)O)Cc3ccccc3Cl)cc2C(=O)O)c1. The number of carbonyl (C=O) groups is 3. The molecule has 0 radical (unpaired) electrons. The van der Waals surface area contributed by atoms with Crippen molar-refractivity contribution >= 4 is 29.4 Å². The van der Waals surface area contributed by atoms with Crippen molar-refractivity contribution in [2.45, 2.75) is 25.4 Å². The van der Waals surface area contributed by atoms with E-state index in [4.69, 9.17) is 16.3 Å². The number of methoxy groups -OCH3 is 1. The van der Waals surface area contributed by atoms with Gasteiger partial charge in [-0.05, 0) is 35.7 Å². The summed E-state index contributed by atoms with van der Waals surface area (Å²) in [5, 5.41) is 26.0. The van der Waals surface area contributed by atoms with Gasteiger partial charge in [-0.1, -0.05) is 41.9 Å². The number of aromatic carboxylic acids is 1. The molecule has 0 saturated carbocycles. The summed E-state index contributed by atoms with van der Waals surface area (Å²) in [6.45, 7) is 0.101. The Labute approximate surface area is 194 Å². The second-order valence-electron chi connectivity index (χ2n) is 7.29. The molecule has 10 heteroatoms. The van der Waals surface area contributed by atoms with Crippen LogP contribution in [0.3, 0.4) is 0 Å². The first-order valence-corrected chi connectivity index (χ1v) is 10.3. The topological polar surface area (TPSA) is 131 Å². The van der Waals surface area contributed by atoms with Crippen LogP contribution in [0.25, 0.3) is 0 Å². The highest BCUT2D eigenvalue weighted by Gasteiger charge is 2.23. The first-order valence-electron chi connectivity index (χ1n) is 9.97. The van der Waals surface area contributed by atoms with Crippen LogP contribution in [-0.2, 0) is 17.8 Å². The number of aromatic nitrogens is 2. The Hall–Kier alpha value is -3.85. The summed E-state index contributed by atoms with van der Waals surface area (Å²) in [4.78, 5) is 35.8. The molecule has 0 spiro atoms. The van der Waals surface area contributed by atoms with Crippen LogP contribution in [0.4, 0.5) is 0 Å². The highest BCUT2D eigenvalue weighted by Crippen LogP contribution is 2.19. The largest absolute Gasteiger partial charge is 0.497 e. The number of hydrogen-bond acceptors (Lipinski definition) is 5. The molecule has 0 fully saturated rings. The van der Waals surface area contributed by atoms with Gasteiger partial charge in [-0.2, -0.15) is 5.10 Å². The van der Waals surface area contributed by atoms with Crippen LogP contribution >= 0.6 is 11.6 Å². The molecule has 1 aromatic heterocycles. The maximum absolute atomic E-state index is 12.8. The normalized spacial score (nSPS) is 11.6. The zero-order chi connectivity index (χ0) is 24.0. The Bertz CT molecular complexity index is 1180. The molecular formula is C23H22ClN3O6. The first kappa shape index (κ1) is 23.8. The number of nitrogens with zero attached hydrogens (tertiary/aromatic N) is 2. The quantitative estimate of drug-likeness (QED) is 0.414. The van der Waals surface area contributed by atoms with E-state index in [1.165, 1.54) is 11.8 Å². The second-order valence-corrected chi connectivity index (χ2v) is 7.70. The number of aliphatic carboxylic acids is 1. The highest BCUT2D eigenvalue weighted by molar-refractivity contribution is 6.31. The lowest BCUT2D eigenvalue weighted by Gasteiger charge is -2.17. The minimum absolute atomic E-state index is 0.101. The summed E-state index contributed by atoms with van der Waals surface area (Å²) in [5.74, 6) is -2.42. The van der Waals surface area contributed by atoms with Crippen molar-refractivity contribution in [3.05, 3.63) is 82.1 Å². The molecule has 3 rings (SSSR count). The summed E-state index contributed by atoms with van der Waals surface area (Å²) in [5.41, 5.74) is 1.10. The third kappa shape index (κ3) is 6.33. The summed E-state index contributed by atoms with van der Waals surface area (Å²) < 4.78 is 6.38. The number of carboxylic acids is 2. The third-order valence-corrected chi connectivity index (χ3v) is 5.25. The van der Waals surface area contributed by atoms with Crippen LogP contribution in [0, 0.1) is 0 Å². The number of nitrogens with one attached hydrogen (secondary N) is 1.